The van der Waals surface area contributed by atoms with Crippen LogP contribution in [0.5, 0.6) is 11.5 Å². The second-order valence-electron chi connectivity index (χ2n) is 8.13. The SMILES string of the molecule is COc1cc(Cl)ccc1-c1ccccc1CNC(=O)c1nc2n(c(=O)c1O)CCOC2(C)C. The first-order valence-corrected chi connectivity index (χ1v) is 10.8. The molecule has 4 rings (SSSR count). The number of fused-ring (bicyclic) bond motifs is 1. The molecule has 9 heteroatoms. The van der Waals surface area contributed by atoms with Gasteiger partial charge in [0.05, 0.1) is 20.3 Å². The number of nitrogens with zero attached hydrogens (tertiary/aromatic N) is 2. The minimum Gasteiger partial charge on any atom is -0.501 e. The third kappa shape index (κ3) is 4.31. The molecule has 1 aliphatic rings. The van der Waals surface area contributed by atoms with Crippen LogP contribution < -0.4 is 15.6 Å². The average molecular weight is 470 g/mol. The molecule has 8 nitrogen and oxygen atoms in total. The maximum absolute atomic E-state index is 12.9. The number of carbonyl (C=O) groups excluding carboxylic acids is 1. The average Bonchev–Trinajstić information content (AvgIpc) is 2.80. The Morgan fingerprint density at radius 3 is 2.79 bits per heavy atom. The Morgan fingerprint density at radius 2 is 2.03 bits per heavy atom. The lowest BCUT2D eigenvalue weighted by molar-refractivity contribution is -0.0566. The number of hydrogen-bond acceptors (Lipinski definition) is 6. The standard InChI is InChI=1S/C24H24ClN3O5/c1-24(2)23-27-19(20(29)22(31)28(23)10-11-33-24)21(30)26-13-14-6-4-5-7-16(14)17-9-8-15(25)12-18(17)32-3/h4-9,12,29H,10-11,13H2,1-3H3,(H,26,30). The molecule has 2 heterocycles. The number of aromatic nitrogens is 2. The van der Waals surface area contributed by atoms with E-state index in [0.29, 0.717) is 23.2 Å². The van der Waals surface area contributed by atoms with Crippen molar-refractivity contribution >= 4 is 17.5 Å². The smallest absolute Gasteiger partial charge is 0.296 e. The first kappa shape index (κ1) is 22.8. The molecule has 0 aliphatic carbocycles. The molecule has 0 unspecified atom stereocenters. The van der Waals surface area contributed by atoms with Gasteiger partial charge in [-0.3, -0.25) is 14.2 Å². The van der Waals surface area contributed by atoms with E-state index >= 15 is 0 Å². The predicted octanol–water partition coefficient (Wildman–Crippen LogP) is 3.47. The number of carbonyl (C=O) groups is 1. The monoisotopic (exact) mass is 469 g/mol. The fraction of sp³-hybridized carbons (Fsp3) is 0.292. The molecule has 1 aliphatic heterocycles. The molecule has 0 radical (unpaired) electrons. The summed E-state index contributed by atoms with van der Waals surface area (Å²) in [6.45, 7) is 4.24. The van der Waals surface area contributed by atoms with Crippen LogP contribution in [0.15, 0.2) is 47.3 Å². The van der Waals surface area contributed by atoms with E-state index in [-0.39, 0.29) is 18.8 Å². The van der Waals surface area contributed by atoms with E-state index in [1.54, 1.807) is 33.1 Å². The molecule has 2 aromatic carbocycles. The predicted molar refractivity (Wildman–Crippen MR) is 124 cm³/mol. The first-order valence-electron chi connectivity index (χ1n) is 10.4. The van der Waals surface area contributed by atoms with Crippen LogP contribution in [0.25, 0.3) is 11.1 Å². The molecule has 33 heavy (non-hydrogen) atoms. The number of methoxy groups -OCH3 is 1. The molecule has 0 bridgehead atoms. The van der Waals surface area contributed by atoms with Gasteiger partial charge in [-0.05, 0) is 43.2 Å². The Labute approximate surface area is 195 Å². The van der Waals surface area contributed by atoms with Crippen LogP contribution >= 0.6 is 11.6 Å². The third-order valence-corrected chi connectivity index (χ3v) is 5.82. The van der Waals surface area contributed by atoms with E-state index < -0.39 is 22.8 Å². The van der Waals surface area contributed by atoms with E-state index in [9.17, 15) is 14.7 Å². The molecule has 0 saturated carbocycles. The molecule has 172 valence electrons. The van der Waals surface area contributed by atoms with Crippen molar-refractivity contribution in [3.05, 3.63) is 74.9 Å². The highest BCUT2D eigenvalue weighted by Crippen LogP contribution is 2.34. The van der Waals surface area contributed by atoms with Crippen LogP contribution in [0.1, 0.15) is 35.7 Å². The van der Waals surface area contributed by atoms with Crippen molar-refractivity contribution in [2.24, 2.45) is 0 Å². The Hall–Kier alpha value is -3.36. The van der Waals surface area contributed by atoms with Gasteiger partial charge in [-0.2, -0.15) is 0 Å². The zero-order chi connectivity index (χ0) is 23.8. The number of hydrogen-bond donors (Lipinski definition) is 2. The fourth-order valence-corrected chi connectivity index (χ4v) is 4.07. The van der Waals surface area contributed by atoms with Crippen LogP contribution in [0.3, 0.4) is 0 Å². The largest absolute Gasteiger partial charge is 0.501 e. The van der Waals surface area contributed by atoms with Gasteiger partial charge in [0.15, 0.2) is 5.69 Å². The summed E-state index contributed by atoms with van der Waals surface area (Å²) in [7, 11) is 1.56. The van der Waals surface area contributed by atoms with Gasteiger partial charge < -0.3 is 19.9 Å². The Kier molecular flexibility index (Phi) is 6.14. The van der Waals surface area contributed by atoms with Crippen molar-refractivity contribution in [3.63, 3.8) is 0 Å². The summed E-state index contributed by atoms with van der Waals surface area (Å²) in [5, 5.41) is 13.7. The lowest BCUT2D eigenvalue weighted by Crippen LogP contribution is -2.42. The topological polar surface area (TPSA) is 103 Å². The van der Waals surface area contributed by atoms with Crippen molar-refractivity contribution in [1.82, 2.24) is 14.9 Å². The summed E-state index contributed by atoms with van der Waals surface area (Å²) in [5.41, 5.74) is 0.628. The Bertz CT molecular complexity index is 1290. The molecule has 3 aromatic rings. The van der Waals surface area contributed by atoms with Crippen LogP contribution in [0.4, 0.5) is 0 Å². The quantitative estimate of drug-likeness (QED) is 0.593. The van der Waals surface area contributed by atoms with Gasteiger partial charge in [-0.1, -0.05) is 35.9 Å². The van der Waals surface area contributed by atoms with E-state index in [4.69, 9.17) is 21.1 Å². The summed E-state index contributed by atoms with van der Waals surface area (Å²) in [6.07, 6.45) is 0. The number of halogens is 1. The maximum atomic E-state index is 12.9. The number of benzene rings is 2. The number of ether oxygens (including phenoxy) is 2. The number of amides is 1. The van der Waals surface area contributed by atoms with Gasteiger partial charge in [0.1, 0.15) is 17.2 Å². The van der Waals surface area contributed by atoms with Crippen LogP contribution in [-0.4, -0.2) is 34.3 Å². The highest BCUT2D eigenvalue weighted by molar-refractivity contribution is 6.30. The maximum Gasteiger partial charge on any atom is 0.296 e. The van der Waals surface area contributed by atoms with E-state index in [1.807, 2.05) is 30.3 Å². The van der Waals surface area contributed by atoms with Crippen LogP contribution in [0, 0.1) is 0 Å². The molecule has 0 saturated heterocycles. The first-order chi connectivity index (χ1) is 15.7. The lowest BCUT2D eigenvalue weighted by atomic mass is 9.98. The van der Waals surface area contributed by atoms with Crippen molar-refractivity contribution < 1.29 is 19.4 Å². The van der Waals surface area contributed by atoms with Gasteiger partial charge in [-0.15, -0.1) is 0 Å². The zero-order valence-corrected chi connectivity index (χ0v) is 19.3. The molecule has 0 atom stereocenters. The summed E-state index contributed by atoms with van der Waals surface area (Å²) in [5.74, 6) is -0.438. The summed E-state index contributed by atoms with van der Waals surface area (Å²) in [6, 6.07) is 12.9. The molecule has 1 amide bonds. The van der Waals surface area contributed by atoms with Crippen molar-refractivity contribution in [2.45, 2.75) is 32.5 Å². The molecular weight excluding hydrogens is 446 g/mol. The minimum absolute atomic E-state index is 0.139. The summed E-state index contributed by atoms with van der Waals surface area (Å²) in [4.78, 5) is 29.9. The molecule has 2 N–H and O–H groups in total. The second kappa shape index (κ2) is 8.88. The summed E-state index contributed by atoms with van der Waals surface area (Å²) >= 11 is 6.09. The Balaban J connectivity index is 1.64. The fourth-order valence-electron chi connectivity index (χ4n) is 3.91. The van der Waals surface area contributed by atoms with Gasteiger partial charge in [0.2, 0.25) is 5.75 Å². The van der Waals surface area contributed by atoms with E-state index in [2.05, 4.69) is 10.3 Å². The highest BCUT2D eigenvalue weighted by atomic mass is 35.5. The number of nitrogens with one attached hydrogen (secondary N) is 1. The summed E-state index contributed by atoms with van der Waals surface area (Å²) < 4.78 is 12.5. The minimum atomic E-state index is -0.863. The lowest BCUT2D eigenvalue weighted by Gasteiger charge is -2.32. The number of aromatic hydroxyl groups is 1. The van der Waals surface area contributed by atoms with Gasteiger partial charge in [0, 0.05) is 17.1 Å². The molecule has 1 aromatic heterocycles. The third-order valence-electron chi connectivity index (χ3n) is 5.59. The van der Waals surface area contributed by atoms with Crippen LogP contribution in [0.2, 0.25) is 5.02 Å². The molecular formula is C24H24ClN3O5. The second-order valence-corrected chi connectivity index (χ2v) is 8.57. The van der Waals surface area contributed by atoms with Gasteiger partial charge in [0.25, 0.3) is 11.5 Å². The Morgan fingerprint density at radius 1 is 1.27 bits per heavy atom. The molecule has 0 spiro atoms. The van der Waals surface area contributed by atoms with Crippen molar-refractivity contribution in [1.29, 1.82) is 0 Å². The van der Waals surface area contributed by atoms with Crippen molar-refractivity contribution in [3.8, 4) is 22.6 Å². The van der Waals surface area contributed by atoms with Gasteiger partial charge >= 0.3 is 0 Å². The van der Waals surface area contributed by atoms with Crippen molar-refractivity contribution in [2.75, 3.05) is 13.7 Å². The zero-order valence-electron chi connectivity index (χ0n) is 18.5. The highest BCUT2D eigenvalue weighted by Gasteiger charge is 2.34. The number of rotatable bonds is 5. The van der Waals surface area contributed by atoms with Crippen LogP contribution in [-0.2, 0) is 23.4 Å². The van der Waals surface area contributed by atoms with E-state index in [1.165, 1.54) is 4.57 Å². The van der Waals surface area contributed by atoms with Gasteiger partial charge in [-0.25, -0.2) is 4.98 Å². The molecule has 0 fully saturated rings. The normalized spacial score (nSPS) is 14.4. The van der Waals surface area contributed by atoms with E-state index in [0.717, 1.165) is 16.7 Å².